The van der Waals surface area contributed by atoms with Crippen LogP contribution in [0.3, 0.4) is 0 Å². The summed E-state index contributed by atoms with van der Waals surface area (Å²) in [4.78, 5) is 17.9. The number of carbonyl (C=O) groups excluding carboxylic acids is 1. The number of likely N-dealkylation sites (N-methyl/N-ethyl adjacent to an activating group) is 1. The Hall–Kier alpha value is -1.84. The van der Waals surface area contributed by atoms with Gasteiger partial charge in [-0.3, -0.25) is 9.79 Å². The molecule has 0 aromatic heterocycles. The number of halogens is 2. The summed E-state index contributed by atoms with van der Waals surface area (Å²) in [6, 6.07) is 15.4. The van der Waals surface area contributed by atoms with E-state index in [-0.39, 0.29) is 29.9 Å². The van der Waals surface area contributed by atoms with Gasteiger partial charge in [-0.15, -0.1) is 24.0 Å². The Morgan fingerprint density at radius 3 is 2.29 bits per heavy atom. The van der Waals surface area contributed by atoms with Gasteiger partial charge < -0.3 is 20.9 Å². The second kappa shape index (κ2) is 12.6. The number of nitrogens with zero attached hydrogens (tertiary/aromatic N) is 2. The quantitative estimate of drug-likeness (QED) is 0.301. The van der Waals surface area contributed by atoms with Crippen LogP contribution >= 0.6 is 35.6 Å². The molecule has 28 heavy (non-hydrogen) atoms. The minimum absolute atomic E-state index is 0. The number of benzene rings is 2. The molecular formula is C20H27ClIN5O. The molecule has 8 heteroatoms. The van der Waals surface area contributed by atoms with Gasteiger partial charge in [0.05, 0.1) is 6.54 Å². The lowest BCUT2D eigenvalue weighted by molar-refractivity contribution is -0.116. The number of nitrogens with one attached hydrogen (secondary N) is 3. The van der Waals surface area contributed by atoms with Crippen LogP contribution in [0.1, 0.15) is 11.1 Å². The van der Waals surface area contributed by atoms with E-state index in [9.17, 15) is 4.79 Å². The summed E-state index contributed by atoms with van der Waals surface area (Å²) in [5.41, 5.74) is 2.95. The summed E-state index contributed by atoms with van der Waals surface area (Å²) in [6.07, 6.45) is 0. The van der Waals surface area contributed by atoms with E-state index < -0.39 is 0 Å². The van der Waals surface area contributed by atoms with Crippen molar-refractivity contribution in [2.24, 2.45) is 4.99 Å². The zero-order valence-electron chi connectivity index (χ0n) is 16.3. The molecule has 3 N–H and O–H groups in total. The van der Waals surface area contributed by atoms with Gasteiger partial charge in [-0.1, -0.05) is 35.9 Å². The Morgan fingerprint density at radius 2 is 1.68 bits per heavy atom. The average Bonchev–Trinajstić information content (AvgIpc) is 2.63. The van der Waals surface area contributed by atoms with Gasteiger partial charge in [0, 0.05) is 30.8 Å². The van der Waals surface area contributed by atoms with Crippen molar-refractivity contribution in [2.45, 2.75) is 13.1 Å². The first-order valence-corrected chi connectivity index (χ1v) is 9.06. The zero-order chi connectivity index (χ0) is 19.6. The van der Waals surface area contributed by atoms with Gasteiger partial charge in [-0.05, 0) is 49.5 Å². The summed E-state index contributed by atoms with van der Waals surface area (Å²) >= 11 is 5.90. The maximum absolute atomic E-state index is 11.9. The smallest absolute Gasteiger partial charge is 0.238 e. The third kappa shape index (κ3) is 8.90. The highest BCUT2D eigenvalue weighted by Gasteiger charge is 2.05. The lowest BCUT2D eigenvalue weighted by Gasteiger charge is -2.13. The molecule has 6 nitrogen and oxygen atoms in total. The van der Waals surface area contributed by atoms with Crippen LogP contribution in [0.2, 0.25) is 5.02 Å². The van der Waals surface area contributed by atoms with E-state index in [0.717, 1.165) is 21.8 Å². The molecule has 0 saturated carbocycles. The fraction of sp³-hybridized carbons (Fsp3) is 0.300. The number of hydrogen-bond acceptors (Lipinski definition) is 3. The molecule has 0 saturated heterocycles. The third-order valence-electron chi connectivity index (χ3n) is 3.73. The molecule has 152 valence electrons. The minimum Gasteiger partial charge on any atom is -0.352 e. The molecule has 0 spiro atoms. The number of anilines is 1. The predicted octanol–water partition coefficient (Wildman–Crippen LogP) is 3.32. The molecule has 2 aromatic rings. The first-order chi connectivity index (χ1) is 13.0. The van der Waals surface area contributed by atoms with E-state index in [1.165, 1.54) is 0 Å². The van der Waals surface area contributed by atoms with Crippen molar-refractivity contribution in [1.29, 1.82) is 0 Å². The Labute approximate surface area is 188 Å². The fourth-order valence-electron chi connectivity index (χ4n) is 2.44. The molecule has 0 fully saturated rings. The van der Waals surface area contributed by atoms with Gasteiger partial charge in [0.1, 0.15) is 0 Å². The highest BCUT2D eigenvalue weighted by molar-refractivity contribution is 14.0. The van der Waals surface area contributed by atoms with E-state index >= 15 is 0 Å². The summed E-state index contributed by atoms with van der Waals surface area (Å²) in [6.45, 7) is 1.60. The van der Waals surface area contributed by atoms with Crippen LogP contribution in [0, 0.1) is 0 Å². The summed E-state index contributed by atoms with van der Waals surface area (Å²) in [7, 11) is 5.46. The molecule has 0 atom stereocenters. The standard InChI is InChI=1S/C20H26ClN5O.HI/c1-22-20(23-12-15-7-9-17(21)10-8-15)24-13-16-5-4-6-18(11-16)25-19(27)14-26(2)3;/h4-11H,12-14H2,1-3H3,(H,25,27)(H2,22,23,24);1H. The summed E-state index contributed by atoms with van der Waals surface area (Å²) < 4.78 is 0. The molecule has 0 aliphatic carbocycles. The van der Waals surface area contributed by atoms with Crippen LogP contribution in [0.5, 0.6) is 0 Å². The molecule has 0 radical (unpaired) electrons. The Morgan fingerprint density at radius 1 is 1.04 bits per heavy atom. The first-order valence-electron chi connectivity index (χ1n) is 8.69. The van der Waals surface area contributed by atoms with E-state index in [1.54, 1.807) is 7.05 Å². The highest BCUT2D eigenvalue weighted by Crippen LogP contribution is 2.11. The molecule has 2 aromatic carbocycles. The van der Waals surface area contributed by atoms with Crippen LogP contribution in [-0.2, 0) is 17.9 Å². The van der Waals surface area contributed by atoms with Crippen LogP contribution in [-0.4, -0.2) is 44.5 Å². The van der Waals surface area contributed by atoms with E-state index in [4.69, 9.17) is 11.6 Å². The molecule has 1 amide bonds. The molecule has 0 aliphatic heterocycles. The van der Waals surface area contributed by atoms with E-state index in [2.05, 4.69) is 20.9 Å². The maximum Gasteiger partial charge on any atom is 0.238 e. The van der Waals surface area contributed by atoms with Crippen molar-refractivity contribution < 1.29 is 4.79 Å². The molecular weight excluding hydrogens is 489 g/mol. The van der Waals surface area contributed by atoms with Gasteiger partial charge in [-0.25, -0.2) is 0 Å². The van der Waals surface area contributed by atoms with Gasteiger partial charge in [0.25, 0.3) is 0 Å². The Bertz CT molecular complexity index is 780. The van der Waals surface area contributed by atoms with Crippen molar-refractivity contribution in [3.63, 3.8) is 0 Å². The third-order valence-corrected chi connectivity index (χ3v) is 3.98. The monoisotopic (exact) mass is 515 g/mol. The SMILES string of the molecule is CN=C(NCc1ccc(Cl)cc1)NCc1cccc(NC(=O)CN(C)C)c1.I. The largest absolute Gasteiger partial charge is 0.352 e. The Balaban J connectivity index is 0.00000392. The molecule has 2 rings (SSSR count). The second-order valence-electron chi connectivity index (χ2n) is 6.39. The number of amides is 1. The van der Waals surface area contributed by atoms with Crippen LogP contribution < -0.4 is 16.0 Å². The van der Waals surface area contributed by atoms with Gasteiger partial charge in [-0.2, -0.15) is 0 Å². The van der Waals surface area contributed by atoms with Gasteiger partial charge in [0.2, 0.25) is 5.91 Å². The van der Waals surface area contributed by atoms with Gasteiger partial charge in [0.15, 0.2) is 5.96 Å². The minimum atomic E-state index is -0.0365. The zero-order valence-corrected chi connectivity index (χ0v) is 19.4. The number of aliphatic imine (C=N–C) groups is 1. The molecule has 0 unspecified atom stereocenters. The van der Waals surface area contributed by atoms with Crippen LogP contribution in [0.4, 0.5) is 5.69 Å². The first kappa shape index (κ1) is 24.2. The highest BCUT2D eigenvalue weighted by atomic mass is 127. The van der Waals surface area contributed by atoms with Gasteiger partial charge >= 0.3 is 0 Å². The van der Waals surface area contributed by atoms with Crippen molar-refractivity contribution in [3.8, 4) is 0 Å². The normalized spacial score (nSPS) is 11.0. The van der Waals surface area contributed by atoms with Crippen molar-refractivity contribution in [2.75, 3.05) is 33.0 Å². The number of carbonyl (C=O) groups is 1. The molecule has 0 bridgehead atoms. The average molecular weight is 516 g/mol. The molecule has 0 aliphatic rings. The van der Waals surface area contributed by atoms with E-state index in [0.29, 0.717) is 25.6 Å². The summed E-state index contributed by atoms with van der Waals surface area (Å²) in [5.74, 6) is 0.664. The lowest BCUT2D eigenvalue weighted by Crippen LogP contribution is -2.36. The van der Waals surface area contributed by atoms with Crippen molar-refractivity contribution in [3.05, 3.63) is 64.7 Å². The topological polar surface area (TPSA) is 68.8 Å². The number of rotatable bonds is 7. The number of guanidine groups is 1. The fourth-order valence-corrected chi connectivity index (χ4v) is 2.57. The molecule has 0 heterocycles. The Kier molecular flexibility index (Phi) is 10.9. The van der Waals surface area contributed by atoms with Crippen molar-refractivity contribution in [1.82, 2.24) is 15.5 Å². The van der Waals surface area contributed by atoms with E-state index in [1.807, 2.05) is 67.5 Å². The summed E-state index contributed by atoms with van der Waals surface area (Å²) in [5, 5.41) is 10.2. The second-order valence-corrected chi connectivity index (χ2v) is 6.83. The maximum atomic E-state index is 11.9. The number of hydrogen-bond donors (Lipinski definition) is 3. The van der Waals surface area contributed by atoms with Crippen LogP contribution in [0.25, 0.3) is 0 Å². The van der Waals surface area contributed by atoms with Crippen LogP contribution in [0.15, 0.2) is 53.5 Å². The lowest BCUT2D eigenvalue weighted by atomic mass is 10.2. The van der Waals surface area contributed by atoms with Crippen molar-refractivity contribution >= 4 is 53.1 Å². The predicted molar refractivity (Wildman–Crippen MR) is 128 cm³/mol.